The van der Waals surface area contributed by atoms with E-state index < -0.39 is 0 Å². The average molecular weight is 427 g/mol. The monoisotopic (exact) mass is 426 g/mol. The molecule has 2 saturated carbocycles. The molecule has 31 heavy (non-hydrogen) atoms. The summed E-state index contributed by atoms with van der Waals surface area (Å²) in [7, 11) is 1.92. The predicted molar refractivity (Wildman–Crippen MR) is 116 cm³/mol. The van der Waals surface area contributed by atoms with Crippen LogP contribution in [-0.2, 0) is 9.53 Å². The third-order valence-electron chi connectivity index (χ3n) is 8.51. The SMILES string of the molecule is CN1CCC2(CCN(c3cc(C4NNC5CCC(OC6(C)CC6)CC54)ncn3)C2)C1=O. The Labute approximate surface area is 184 Å². The lowest BCUT2D eigenvalue weighted by Crippen LogP contribution is -2.38. The second kappa shape index (κ2) is 7.12. The Morgan fingerprint density at radius 3 is 2.74 bits per heavy atom. The van der Waals surface area contributed by atoms with Crippen molar-refractivity contribution in [3.05, 3.63) is 18.1 Å². The van der Waals surface area contributed by atoms with Crippen molar-refractivity contribution in [1.82, 2.24) is 25.7 Å². The van der Waals surface area contributed by atoms with Gasteiger partial charge in [0, 0.05) is 44.7 Å². The van der Waals surface area contributed by atoms with Crippen LogP contribution in [0, 0.1) is 11.3 Å². The van der Waals surface area contributed by atoms with E-state index in [0.717, 1.165) is 63.3 Å². The molecule has 3 saturated heterocycles. The van der Waals surface area contributed by atoms with E-state index in [1.165, 1.54) is 12.8 Å². The highest BCUT2D eigenvalue weighted by Gasteiger charge is 2.50. The fourth-order valence-corrected chi connectivity index (χ4v) is 6.26. The Kier molecular flexibility index (Phi) is 4.56. The number of fused-ring (bicyclic) bond motifs is 1. The number of hydrogen-bond donors (Lipinski definition) is 2. The Morgan fingerprint density at radius 2 is 1.97 bits per heavy atom. The summed E-state index contributed by atoms with van der Waals surface area (Å²) >= 11 is 0. The fraction of sp³-hybridized carbons (Fsp3) is 0.783. The van der Waals surface area contributed by atoms with Crippen LogP contribution in [-0.4, -0.2) is 65.2 Å². The van der Waals surface area contributed by atoms with Gasteiger partial charge in [-0.25, -0.2) is 15.4 Å². The Balaban J connectivity index is 1.18. The van der Waals surface area contributed by atoms with Crippen LogP contribution in [0.1, 0.15) is 63.6 Å². The maximum atomic E-state index is 12.7. The van der Waals surface area contributed by atoms with E-state index >= 15 is 0 Å². The molecule has 6 rings (SSSR count). The molecule has 0 aromatic carbocycles. The van der Waals surface area contributed by atoms with E-state index in [-0.39, 0.29) is 17.1 Å². The lowest BCUT2D eigenvalue weighted by Gasteiger charge is -2.34. The molecule has 0 bridgehead atoms. The minimum absolute atomic E-state index is 0.131. The van der Waals surface area contributed by atoms with Gasteiger partial charge in [-0.2, -0.15) is 0 Å². The van der Waals surface area contributed by atoms with Gasteiger partial charge in [0.2, 0.25) is 5.91 Å². The van der Waals surface area contributed by atoms with Gasteiger partial charge < -0.3 is 14.5 Å². The van der Waals surface area contributed by atoms with Gasteiger partial charge in [0.15, 0.2) is 0 Å². The van der Waals surface area contributed by atoms with Gasteiger partial charge in [-0.05, 0) is 51.9 Å². The number of amides is 1. The van der Waals surface area contributed by atoms with Crippen LogP contribution < -0.4 is 15.8 Å². The molecule has 2 aliphatic carbocycles. The second-order valence-electron chi connectivity index (χ2n) is 10.8. The van der Waals surface area contributed by atoms with E-state index in [4.69, 9.17) is 4.74 Å². The zero-order valence-electron chi connectivity index (χ0n) is 18.6. The summed E-state index contributed by atoms with van der Waals surface area (Å²) in [4.78, 5) is 26.1. The minimum Gasteiger partial charge on any atom is -0.372 e. The molecular formula is C23H34N6O2. The van der Waals surface area contributed by atoms with Crippen molar-refractivity contribution in [3.63, 3.8) is 0 Å². The van der Waals surface area contributed by atoms with E-state index in [0.29, 0.717) is 24.0 Å². The smallest absolute Gasteiger partial charge is 0.230 e. The van der Waals surface area contributed by atoms with E-state index in [1.807, 2.05) is 11.9 Å². The third kappa shape index (κ3) is 3.43. The van der Waals surface area contributed by atoms with Crippen molar-refractivity contribution < 1.29 is 9.53 Å². The van der Waals surface area contributed by atoms with E-state index in [2.05, 4.69) is 38.7 Å². The van der Waals surface area contributed by atoms with Gasteiger partial charge >= 0.3 is 0 Å². The minimum atomic E-state index is -0.217. The molecule has 5 unspecified atom stereocenters. The Morgan fingerprint density at radius 1 is 1.13 bits per heavy atom. The van der Waals surface area contributed by atoms with Crippen LogP contribution in [0.25, 0.3) is 0 Å². The second-order valence-corrected chi connectivity index (χ2v) is 10.8. The summed E-state index contributed by atoms with van der Waals surface area (Å²) in [5.74, 6) is 1.72. The molecule has 1 spiro atoms. The number of anilines is 1. The van der Waals surface area contributed by atoms with Crippen molar-refractivity contribution in [1.29, 1.82) is 0 Å². The largest absolute Gasteiger partial charge is 0.372 e. The molecule has 2 N–H and O–H groups in total. The molecule has 1 aromatic heterocycles. The molecule has 5 fully saturated rings. The molecule has 3 aliphatic heterocycles. The molecule has 168 valence electrons. The van der Waals surface area contributed by atoms with Gasteiger partial charge in [0.25, 0.3) is 0 Å². The number of aromatic nitrogens is 2. The summed E-state index contributed by atoms with van der Waals surface area (Å²) in [5, 5.41) is 0. The lowest BCUT2D eigenvalue weighted by atomic mass is 9.79. The van der Waals surface area contributed by atoms with Gasteiger partial charge in [-0.15, -0.1) is 0 Å². The number of hydrazine groups is 1. The predicted octanol–water partition coefficient (Wildman–Crippen LogP) is 1.79. The van der Waals surface area contributed by atoms with Crippen molar-refractivity contribution >= 4 is 11.7 Å². The number of likely N-dealkylation sites (tertiary alicyclic amines) is 1. The molecular weight excluding hydrogens is 392 g/mol. The molecule has 5 aliphatic rings. The van der Waals surface area contributed by atoms with Crippen molar-refractivity contribution in [3.8, 4) is 0 Å². The lowest BCUT2D eigenvalue weighted by molar-refractivity contribution is -0.134. The van der Waals surface area contributed by atoms with Crippen LogP contribution in [0.2, 0.25) is 0 Å². The zero-order valence-corrected chi connectivity index (χ0v) is 18.6. The van der Waals surface area contributed by atoms with Crippen LogP contribution in [0.3, 0.4) is 0 Å². The number of carbonyl (C=O) groups is 1. The Hall–Kier alpha value is -1.77. The molecule has 5 atom stereocenters. The summed E-state index contributed by atoms with van der Waals surface area (Å²) in [6.07, 6.45) is 9.64. The maximum absolute atomic E-state index is 12.7. The van der Waals surface area contributed by atoms with Crippen molar-refractivity contribution in [2.24, 2.45) is 11.3 Å². The van der Waals surface area contributed by atoms with E-state index in [1.54, 1.807) is 6.33 Å². The van der Waals surface area contributed by atoms with Crippen LogP contribution >= 0.6 is 0 Å². The first-order chi connectivity index (χ1) is 14.9. The highest BCUT2D eigenvalue weighted by atomic mass is 16.5. The van der Waals surface area contributed by atoms with Gasteiger partial charge in [0.05, 0.1) is 28.9 Å². The average Bonchev–Trinajstić information content (AvgIpc) is 3.11. The number of nitrogens with zero attached hydrogens (tertiary/aromatic N) is 4. The molecule has 8 nitrogen and oxygen atoms in total. The quantitative estimate of drug-likeness (QED) is 0.760. The normalized spacial score (nSPS) is 38.8. The zero-order chi connectivity index (χ0) is 21.2. The van der Waals surface area contributed by atoms with Crippen molar-refractivity contribution in [2.75, 3.05) is 31.6 Å². The number of nitrogens with one attached hydrogen (secondary N) is 2. The first-order valence-electron chi connectivity index (χ1n) is 12.0. The summed E-state index contributed by atoms with van der Waals surface area (Å²) in [5.41, 5.74) is 7.99. The number of hydrogen-bond acceptors (Lipinski definition) is 7. The van der Waals surface area contributed by atoms with Gasteiger partial charge in [-0.1, -0.05) is 0 Å². The number of ether oxygens (including phenoxy) is 1. The van der Waals surface area contributed by atoms with E-state index in [9.17, 15) is 4.79 Å². The highest BCUT2D eigenvalue weighted by Crippen LogP contribution is 2.45. The third-order valence-corrected chi connectivity index (χ3v) is 8.51. The molecule has 1 amide bonds. The first kappa shape index (κ1) is 19.9. The van der Waals surface area contributed by atoms with Crippen LogP contribution in [0.15, 0.2) is 12.4 Å². The summed E-state index contributed by atoms with van der Waals surface area (Å²) < 4.78 is 6.43. The van der Waals surface area contributed by atoms with Crippen molar-refractivity contribution in [2.45, 2.75) is 75.7 Å². The number of rotatable bonds is 4. The molecule has 0 radical (unpaired) electrons. The molecule has 8 heteroatoms. The molecule has 1 aromatic rings. The first-order valence-corrected chi connectivity index (χ1v) is 12.0. The van der Waals surface area contributed by atoms with Crippen LogP contribution in [0.4, 0.5) is 5.82 Å². The summed E-state index contributed by atoms with van der Waals surface area (Å²) in [6.45, 7) is 4.76. The topological polar surface area (TPSA) is 82.6 Å². The van der Waals surface area contributed by atoms with Gasteiger partial charge in [0.1, 0.15) is 12.1 Å². The van der Waals surface area contributed by atoms with Crippen LogP contribution in [0.5, 0.6) is 0 Å². The maximum Gasteiger partial charge on any atom is 0.230 e. The highest BCUT2D eigenvalue weighted by molar-refractivity contribution is 5.86. The van der Waals surface area contributed by atoms with Gasteiger partial charge in [-0.3, -0.25) is 10.2 Å². The summed E-state index contributed by atoms with van der Waals surface area (Å²) in [6, 6.07) is 2.77. The number of carbonyl (C=O) groups excluding carboxylic acids is 1. The fourth-order valence-electron chi connectivity index (χ4n) is 6.26. The molecule has 4 heterocycles. The Bertz CT molecular complexity index is 875. The standard InChI is InChI=1S/C23H34N6O2/c1-22(5-6-22)31-15-3-4-17-16(11-15)20(27-26-17)18-12-19(25-14-24-18)29-10-8-23(13-29)7-9-28(2)21(23)30/h12,14-17,20,26-27H,3-11,13H2,1-2H3.